The average molecular weight is 132 g/mol. The minimum atomic E-state index is 0.0439. The summed E-state index contributed by atoms with van der Waals surface area (Å²) < 4.78 is 0. The highest BCUT2D eigenvalue weighted by molar-refractivity contribution is 6.07. The van der Waals surface area contributed by atoms with Crippen molar-refractivity contribution >= 4 is 5.78 Å². The number of hydrogen-bond acceptors (Lipinski definition) is 1. The Hall–Kier alpha value is -1.37. The van der Waals surface area contributed by atoms with Crippen molar-refractivity contribution in [3.8, 4) is 0 Å². The van der Waals surface area contributed by atoms with Crippen LogP contribution in [0.25, 0.3) is 0 Å². The lowest BCUT2D eigenvalue weighted by atomic mass is 10.1. The Morgan fingerprint density at radius 3 is 2.60 bits per heavy atom. The molecule has 0 aromatic carbocycles. The first-order valence-corrected chi connectivity index (χ1v) is 3.06. The third-order valence-electron chi connectivity index (χ3n) is 1.22. The average Bonchev–Trinajstić information content (AvgIpc) is 1.94. The molecular weight excluding hydrogens is 124 g/mol. The predicted octanol–water partition coefficient (Wildman–Crippen LogP) is 1.79. The molecule has 1 heteroatoms. The van der Waals surface area contributed by atoms with Crippen LogP contribution < -0.4 is 0 Å². The summed E-state index contributed by atoms with van der Waals surface area (Å²) >= 11 is 0. The van der Waals surface area contributed by atoms with Gasteiger partial charge in [0.15, 0.2) is 5.78 Å². The quantitative estimate of drug-likeness (QED) is 0.497. The van der Waals surface area contributed by atoms with Crippen LogP contribution in [0.1, 0.15) is 0 Å². The van der Waals surface area contributed by atoms with E-state index >= 15 is 0 Å². The van der Waals surface area contributed by atoms with Crippen molar-refractivity contribution in [2.75, 3.05) is 0 Å². The van der Waals surface area contributed by atoms with Gasteiger partial charge in [-0.3, -0.25) is 4.79 Å². The molecule has 0 aliphatic heterocycles. The first-order chi connectivity index (χ1) is 4.84. The van der Waals surface area contributed by atoms with Gasteiger partial charge in [0.05, 0.1) is 0 Å². The molecule has 0 radical (unpaired) electrons. The third-order valence-corrected chi connectivity index (χ3v) is 1.22. The minimum absolute atomic E-state index is 0.0439. The highest BCUT2D eigenvalue weighted by atomic mass is 16.1. The molecule has 0 atom stereocenters. The van der Waals surface area contributed by atoms with Gasteiger partial charge < -0.3 is 0 Å². The van der Waals surface area contributed by atoms with Gasteiger partial charge in [-0.25, -0.2) is 0 Å². The normalized spacial score (nSPS) is 20.0. The number of hydrogen-bond donors (Lipinski definition) is 0. The van der Waals surface area contributed by atoms with E-state index in [0.717, 1.165) is 0 Å². The number of ketones is 1. The SMILES string of the molecule is C=CC=C1C=CC=CC1=O. The summed E-state index contributed by atoms with van der Waals surface area (Å²) in [7, 11) is 0. The van der Waals surface area contributed by atoms with E-state index in [4.69, 9.17) is 0 Å². The lowest BCUT2D eigenvalue weighted by Gasteiger charge is -1.97. The number of carbonyl (C=O) groups is 1. The highest BCUT2D eigenvalue weighted by Crippen LogP contribution is 2.05. The Balaban J connectivity index is 2.90. The van der Waals surface area contributed by atoms with E-state index in [-0.39, 0.29) is 5.78 Å². The third kappa shape index (κ3) is 1.32. The zero-order valence-corrected chi connectivity index (χ0v) is 5.58. The van der Waals surface area contributed by atoms with Crippen LogP contribution in [-0.4, -0.2) is 5.78 Å². The monoisotopic (exact) mass is 132 g/mol. The maximum Gasteiger partial charge on any atom is 0.185 e. The van der Waals surface area contributed by atoms with E-state index in [0.29, 0.717) is 5.57 Å². The van der Waals surface area contributed by atoms with E-state index in [1.807, 2.05) is 6.08 Å². The van der Waals surface area contributed by atoms with Gasteiger partial charge in [0.25, 0.3) is 0 Å². The summed E-state index contributed by atoms with van der Waals surface area (Å²) in [6.45, 7) is 3.50. The fourth-order valence-electron chi connectivity index (χ4n) is 0.745. The van der Waals surface area contributed by atoms with Gasteiger partial charge in [0.1, 0.15) is 0 Å². The predicted molar refractivity (Wildman–Crippen MR) is 41.6 cm³/mol. The molecule has 0 saturated heterocycles. The maximum atomic E-state index is 10.9. The van der Waals surface area contributed by atoms with E-state index in [1.165, 1.54) is 6.08 Å². The van der Waals surface area contributed by atoms with Gasteiger partial charge in [-0.1, -0.05) is 37.0 Å². The molecule has 1 rings (SSSR count). The van der Waals surface area contributed by atoms with Crippen LogP contribution >= 0.6 is 0 Å². The molecule has 0 unspecified atom stereocenters. The second-order valence-electron chi connectivity index (χ2n) is 1.94. The van der Waals surface area contributed by atoms with E-state index in [1.54, 1.807) is 24.3 Å². The molecule has 0 N–H and O–H groups in total. The van der Waals surface area contributed by atoms with Gasteiger partial charge >= 0.3 is 0 Å². The van der Waals surface area contributed by atoms with Crippen LogP contribution in [0.2, 0.25) is 0 Å². The van der Waals surface area contributed by atoms with Crippen LogP contribution in [0.3, 0.4) is 0 Å². The molecule has 0 amide bonds. The molecule has 0 saturated carbocycles. The van der Waals surface area contributed by atoms with Gasteiger partial charge in [0.2, 0.25) is 0 Å². The molecule has 0 fully saturated rings. The first kappa shape index (κ1) is 6.75. The van der Waals surface area contributed by atoms with Crippen LogP contribution in [0.4, 0.5) is 0 Å². The van der Waals surface area contributed by atoms with E-state index < -0.39 is 0 Å². The minimum Gasteiger partial charge on any atom is -0.289 e. The molecule has 1 nitrogen and oxygen atoms in total. The zero-order chi connectivity index (χ0) is 7.40. The standard InChI is InChI=1S/C9H8O/c1-2-5-8-6-3-4-7-9(8)10/h2-7H,1H2. The molecule has 50 valence electrons. The maximum absolute atomic E-state index is 10.9. The Morgan fingerprint density at radius 1 is 1.30 bits per heavy atom. The van der Waals surface area contributed by atoms with Crippen LogP contribution in [0, 0.1) is 0 Å². The lowest BCUT2D eigenvalue weighted by molar-refractivity contribution is -0.111. The fraction of sp³-hybridized carbons (Fsp3) is 0. The summed E-state index contributed by atoms with van der Waals surface area (Å²) in [4.78, 5) is 10.9. The molecule has 0 bridgehead atoms. The molecule has 1 aliphatic carbocycles. The largest absolute Gasteiger partial charge is 0.289 e. The second kappa shape index (κ2) is 2.97. The van der Waals surface area contributed by atoms with Crippen molar-refractivity contribution in [1.82, 2.24) is 0 Å². The van der Waals surface area contributed by atoms with Gasteiger partial charge in [-0.15, -0.1) is 0 Å². The summed E-state index contributed by atoms with van der Waals surface area (Å²) in [5.41, 5.74) is 0.692. The Labute approximate surface area is 60.1 Å². The summed E-state index contributed by atoms with van der Waals surface area (Å²) in [5, 5.41) is 0. The molecule has 0 spiro atoms. The van der Waals surface area contributed by atoms with Gasteiger partial charge in [-0.2, -0.15) is 0 Å². The molecular formula is C9H8O. The zero-order valence-electron chi connectivity index (χ0n) is 5.58. The summed E-state index contributed by atoms with van der Waals surface area (Å²) in [6, 6.07) is 0. The molecule has 1 aliphatic rings. The van der Waals surface area contributed by atoms with Crippen molar-refractivity contribution < 1.29 is 4.79 Å². The van der Waals surface area contributed by atoms with Crippen LogP contribution in [0.5, 0.6) is 0 Å². The Bertz CT molecular complexity index is 241. The second-order valence-corrected chi connectivity index (χ2v) is 1.94. The number of allylic oxidation sites excluding steroid dienone is 7. The lowest BCUT2D eigenvalue weighted by Crippen LogP contribution is -1.97. The smallest absolute Gasteiger partial charge is 0.185 e. The number of carbonyl (C=O) groups excluding carboxylic acids is 1. The summed E-state index contributed by atoms with van der Waals surface area (Å²) in [5.74, 6) is 0.0439. The van der Waals surface area contributed by atoms with Crippen molar-refractivity contribution in [2.45, 2.75) is 0 Å². The molecule has 0 aromatic rings. The van der Waals surface area contributed by atoms with Crippen molar-refractivity contribution in [3.05, 3.63) is 48.6 Å². The van der Waals surface area contributed by atoms with Crippen LogP contribution in [-0.2, 0) is 4.79 Å². The molecule has 0 heterocycles. The van der Waals surface area contributed by atoms with Crippen LogP contribution in [0.15, 0.2) is 48.6 Å². The van der Waals surface area contributed by atoms with Crippen molar-refractivity contribution in [1.29, 1.82) is 0 Å². The summed E-state index contributed by atoms with van der Waals surface area (Å²) in [6.07, 6.45) is 10.2. The van der Waals surface area contributed by atoms with Crippen molar-refractivity contribution in [3.63, 3.8) is 0 Å². The van der Waals surface area contributed by atoms with E-state index in [9.17, 15) is 4.79 Å². The topological polar surface area (TPSA) is 17.1 Å². The Morgan fingerprint density at radius 2 is 2.00 bits per heavy atom. The molecule has 10 heavy (non-hydrogen) atoms. The van der Waals surface area contributed by atoms with Gasteiger partial charge in [-0.05, 0) is 6.08 Å². The van der Waals surface area contributed by atoms with E-state index in [2.05, 4.69) is 6.58 Å². The van der Waals surface area contributed by atoms with Gasteiger partial charge in [0, 0.05) is 5.57 Å². The number of rotatable bonds is 1. The fourth-order valence-corrected chi connectivity index (χ4v) is 0.745. The molecule has 0 aromatic heterocycles. The Kier molecular flexibility index (Phi) is 2.00. The first-order valence-electron chi connectivity index (χ1n) is 3.06. The highest BCUT2D eigenvalue weighted by Gasteiger charge is 2.02. The van der Waals surface area contributed by atoms with Crippen molar-refractivity contribution in [2.24, 2.45) is 0 Å².